The first-order valence-electron chi connectivity index (χ1n) is 11.9. The average molecular weight is 462 g/mol. The van der Waals surface area contributed by atoms with Gasteiger partial charge in [0.2, 0.25) is 0 Å². The summed E-state index contributed by atoms with van der Waals surface area (Å²) in [6.07, 6.45) is 2.64. The highest BCUT2D eigenvalue weighted by Gasteiger charge is 2.19. The van der Waals surface area contributed by atoms with Crippen molar-refractivity contribution in [2.45, 2.75) is 40.5 Å². The van der Waals surface area contributed by atoms with Gasteiger partial charge in [-0.2, -0.15) is 0 Å². The van der Waals surface area contributed by atoms with Crippen LogP contribution < -0.4 is 0 Å². The van der Waals surface area contributed by atoms with Crippen molar-refractivity contribution in [2.24, 2.45) is 0 Å². The van der Waals surface area contributed by atoms with Gasteiger partial charge < -0.3 is 9.80 Å². The SMILES string of the molecule is C=C(C)N1CCN(C(=C)c2ccc3c(Cl)cc(-c4cccc(C)c4)nc3c2)CC1.CCCC. The summed E-state index contributed by atoms with van der Waals surface area (Å²) in [5.41, 5.74) is 7.32. The molecule has 4 rings (SSSR count). The summed E-state index contributed by atoms with van der Waals surface area (Å²) >= 11 is 6.59. The molecular formula is C29H36ClN3. The van der Waals surface area contributed by atoms with Crippen LogP contribution in [0.15, 0.2) is 67.4 Å². The summed E-state index contributed by atoms with van der Waals surface area (Å²) in [5, 5.41) is 1.69. The number of rotatable bonds is 5. The molecule has 0 atom stereocenters. The zero-order valence-corrected chi connectivity index (χ0v) is 21.3. The largest absolute Gasteiger partial charge is 0.372 e. The molecule has 4 heteroatoms. The van der Waals surface area contributed by atoms with Crippen LogP contribution in [0.5, 0.6) is 0 Å². The van der Waals surface area contributed by atoms with Gasteiger partial charge >= 0.3 is 0 Å². The van der Waals surface area contributed by atoms with Gasteiger partial charge in [0.15, 0.2) is 0 Å². The fourth-order valence-corrected chi connectivity index (χ4v) is 4.12. The molecule has 174 valence electrons. The molecule has 1 aliphatic heterocycles. The van der Waals surface area contributed by atoms with E-state index >= 15 is 0 Å². The number of hydrogen-bond donors (Lipinski definition) is 0. The Morgan fingerprint density at radius 2 is 1.61 bits per heavy atom. The maximum absolute atomic E-state index is 6.59. The molecule has 0 radical (unpaired) electrons. The van der Waals surface area contributed by atoms with Crippen LogP contribution in [0, 0.1) is 6.92 Å². The lowest BCUT2D eigenvalue weighted by Gasteiger charge is -2.38. The molecule has 1 saturated heterocycles. The summed E-state index contributed by atoms with van der Waals surface area (Å²) in [5.74, 6) is 0. The molecule has 1 fully saturated rings. The van der Waals surface area contributed by atoms with Gasteiger partial charge in [-0.15, -0.1) is 0 Å². The molecular weight excluding hydrogens is 426 g/mol. The third kappa shape index (κ3) is 6.17. The number of pyridine rings is 1. The molecule has 1 aromatic heterocycles. The second kappa shape index (κ2) is 11.4. The van der Waals surface area contributed by atoms with Crippen molar-refractivity contribution >= 4 is 28.2 Å². The number of aryl methyl sites for hydroxylation is 1. The van der Waals surface area contributed by atoms with Crippen LogP contribution in [-0.4, -0.2) is 41.0 Å². The van der Waals surface area contributed by atoms with E-state index in [1.54, 1.807) is 0 Å². The Balaban J connectivity index is 0.000000709. The van der Waals surface area contributed by atoms with Gasteiger partial charge in [0.1, 0.15) is 0 Å². The van der Waals surface area contributed by atoms with Crippen LogP contribution >= 0.6 is 11.6 Å². The number of benzene rings is 2. The van der Waals surface area contributed by atoms with E-state index in [-0.39, 0.29) is 0 Å². The molecule has 0 spiro atoms. The first-order valence-corrected chi connectivity index (χ1v) is 12.2. The summed E-state index contributed by atoms with van der Waals surface area (Å²) < 4.78 is 0. The maximum Gasteiger partial charge on any atom is 0.0731 e. The van der Waals surface area contributed by atoms with Crippen molar-refractivity contribution in [3.05, 3.63) is 83.5 Å². The van der Waals surface area contributed by atoms with E-state index in [0.717, 1.165) is 70.3 Å². The average Bonchev–Trinajstić information content (AvgIpc) is 2.83. The summed E-state index contributed by atoms with van der Waals surface area (Å²) in [6, 6.07) is 16.5. The third-order valence-corrected chi connectivity index (χ3v) is 6.42. The Hall–Kier alpha value is -2.78. The van der Waals surface area contributed by atoms with Crippen molar-refractivity contribution in [3.8, 4) is 11.3 Å². The quantitative estimate of drug-likeness (QED) is 0.386. The van der Waals surface area contributed by atoms with Crippen molar-refractivity contribution in [2.75, 3.05) is 26.2 Å². The molecule has 0 amide bonds. The lowest BCUT2D eigenvalue weighted by molar-refractivity contribution is 0.215. The lowest BCUT2D eigenvalue weighted by Crippen LogP contribution is -2.44. The van der Waals surface area contributed by atoms with Crippen molar-refractivity contribution < 1.29 is 0 Å². The normalized spacial score (nSPS) is 13.5. The molecule has 2 heterocycles. The Bertz CT molecular complexity index is 1120. The Morgan fingerprint density at radius 3 is 2.21 bits per heavy atom. The first-order chi connectivity index (χ1) is 15.8. The number of halogens is 1. The van der Waals surface area contributed by atoms with E-state index in [4.69, 9.17) is 16.6 Å². The molecule has 2 aromatic carbocycles. The van der Waals surface area contributed by atoms with Crippen molar-refractivity contribution in [3.63, 3.8) is 0 Å². The maximum atomic E-state index is 6.59. The highest BCUT2D eigenvalue weighted by molar-refractivity contribution is 6.35. The molecule has 3 aromatic rings. The minimum atomic E-state index is 0.721. The summed E-state index contributed by atoms with van der Waals surface area (Å²) in [6.45, 7) is 20.8. The molecule has 0 bridgehead atoms. The highest BCUT2D eigenvalue weighted by atomic mass is 35.5. The number of nitrogens with zero attached hydrogens (tertiary/aromatic N) is 3. The van der Waals surface area contributed by atoms with Crippen molar-refractivity contribution in [1.29, 1.82) is 0 Å². The predicted octanol–water partition coefficient (Wildman–Crippen LogP) is 7.79. The molecule has 0 unspecified atom stereocenters. The topological polar surface area (TPSA) is 19.4 Å². The molecule has 0 N–H and O–H groups in total. The second-order valence-electron chi connectivity index (χ2n) is 8.75. The Morgan fingerprint density at radius 1 is 0.939 bits per heavy atom. The highest BCUT2D eigenvalue weighted by Crippen LogP contribution is 2.31. The smallest absolute Gasteiger partial charge is 0.0731 e. The molecule has 3 nitrogen and oxygen atoms in total. The molecule has 0 saturated carbocycles. The van der Waals surface area contributed by atoms with Gasteiger partial charge in [-0.05, 0) is 37.6 Å². The van der Waals surface area contributed by atoms with Crippen LogP contribution in [-0.2, 0) is 0 Å². The van der Waals surface area contributed by atoms with Gasteiger partial charge in [-0.3, -0.25) is 0 Å². The lowest BCUT2D eigenvalue weighted by atomic mass is 10.0. The fourth-order valence-electron chi connectivity index (χ4n) is 3.86. The minimum absolute atomic E-state index is 0.721. The zero-order valence-electron chi connectivity index (χ0n) is 20.5. The molecule has 1 aliphatic rings. The van der Waals surface area contributed by atoms with Crippen LogP contribution in [0.4, 0.5) is 0 Å². The number of fused-ring (bicyclic) bond motifs is 1. The minimum Gasteiger partial charge on any atom is -0.372 e. The van der Waals surface area contributed by atoms with Gasteiger partial charge in [0, 0.05) is 48.5 Å². The number of piperazine rings is 1. The van der Waals surface area contributed by atoms with Crippen LogP contribution in [0.2, 0.25) is 5.02 Å². The number of aromatic nitrogens is 1. The fraction of sp³-hybridized carbons (Fsp3) is 0.345. The first kappa shape index (κ1) is 24.9. The monoisotopic (exact) mass is 461 g/mol. The van der Waals surface area contributed by atoms with Gasteiger partial charge in [0.05, 0.1) is 16.2 Å². The van der Waals surface area contributed by atoms with E-state index in [1.807, 2.05) is 12.1 Å². The second-order valence-corrected chi connectivity index (χ2v) is 9.15. The predicted molar refractivity (Wildman–Crippen MR) is 145 cm³/mol. The van der Waals surface area contributed by atoms with Gasteiger partial charge in [0.25, 0.3) is 0 Å². The number of unbranched alkanes of at least 4 members (excludes halogenated alkanes) is 1. The van der Waals surface area contributed by atoms with E-state index in [2.05, 4.69) is 87.1 Å². The van der Waals surface area contributed by atoms with Crippen LogP contribution in [0.1, 0.15) is 44.7 Å². The van der Waals surface area contributed by atoms with E-state index in [1.165, 1.54) is 18.4 Å². The van der Waals surface area contributed by atoms with Gasteiger partial charge in [-0.25, -0.2) is 4.98 Å². The zero-order chi connectivity index (χ0) is 24.0. The van der Waals surface area contributed by atoms with E-state index in [9.17, 15) is 0 Å². The van der Waals surface area contributed by atoms with E-state index in [0.29, 0.717) is 0 Å². The molecule has 33 heavy (non-hydrogen) atoms. The Labute approximate surface area is 204 Å². The van der Waals surface area contributed by atoms with Crippen molar-refractivity contribution in [1.82, 2.24) is 14.8 Å². The molecule has 0 aliphatic carbocycles. The number of allylic oxidation sites excluding steroid dienone is 1. The third-order valence-electron chi connectivity index (χ3n) is 6.11. The van der Waals surface area contributed by atoms with Crippen LogP contribution in [0.3, 0.4) is 0 Å². The standard InChI is InChI=1S/C25H26ClN3.C4H10/c1-17(2)28-10-12-29(13-11-28)19(4)20-8-9-22-23(26)16-24(27-25(22)15-20)21-7-5-6-18(3)14-21;1-3-4-2/h5-9,14-16H,1,4,10-13H2,2-3H3;3-4H2,1-2H3. The van der Waals surface area contributed by atoms with Crippen LogP contribution in [0.25, 0.3) is 27.9 Å². The summed E-state index contributed by atoms with van der Waals surface area (Å²) in [7, 11) is 0. The van der Waals surface area contributed by atoms with E-state index < -0.39 is 0 Å². The number of hydrogen-bond acceptors (Lipinski definition) is 3. The Kier molecular flexibility index (Phi) is 8.57. The van der Waals surface area contributed by atoms with Gasteiger partial charge in [-0.1, -0.05) is 87.3 Å². The summed E-state index contributed by atoms with van der Waals surface area (Å²) in [4.78, 5) is 9.57.